The van der Waals surface area contributed by atoms with Crippen molar-refractivity contribution < 1.29 is 26.4 Å². The summed E-state index contributed by atoms with van der Waals surface area (Å²) >= 11 is 0. The molecule has 1 fully saturated rings. The maximum absolute atomic E-state index is 13.1. The number of hydrogen-bond donors (Lipinski definition) is 1. The summed E-state index contributed by atoms with van der Waals surface area (Å²) in [6.07, 6.45) is -2.34. The predicted molar refractivity (Wildman–Crippen MR) is 117 cm³/mol. The first-order valence-corrected chi connectivity index (χ1v) is 11.9. The Morgan fingerprint density at radius 3 is 2.53 bits per heavy atom. The van der Waals surface area contributed by atoms with Crippen LogP contribution in [0.15, 0.2) is 46.3 Å². The van der Waals surface area contributed by atoms with Gasteiger partial charge in [0.1, 0.15) is 4.90 Å². The molecule has 1 amide bonds. The van der Waals surface area contributed by atoms with Crippen molar-refractivity contribution in [2.24, 2.45) is 5.92 Å². The van der Waals surface area contributed by atoms with E-state index in [0.29, 0.717) is 23.8 Å². The molecule has 0 radical (unpaired) electrons. The standard InChI is InChI=1S/C21H20F3N5O4S/c1-3-34(32,33)17-7-15(27-19(30)13-10-28(2)11-13)9-25-18(17)29-20(31)16-6-14(21(22,23)24)5-4-12(16)8-26-29/h4-9,13H,3,10-11H2,1-2H3,(H,27,30). The third kappa shape index (κ3) is 4.40. The molecular weight excluding hydrogens is 475 g/mol. The minimum atomic E-state index is -4.67. The van der Waals surface area contributed by atoms with E-state index >= 15 is 0 Å². The molecular formula is C21H20F3N5O4S. The Kier molecular flexibility index (Phi) is 5.94. The first-order valence-electron chi connectivity index (χ1n) is 10.2. The SMILES string of the molecule is CCS(=O)(=O)c1cc(NC(=O)C2CN(C)C2)cnc1-n1ncc2ccc(C(F)(F)F)cc2c1=O. The summed E-state index contributed by atoms with van der Waals surface area (Å²) < 4.78 is 65.6. The normalized spacial score (nSPS) is 15.3. The fourth-order valence-corrected chi connectivity index (χ4v) is 4.66. The number of fused-ring (bicyclic) bond motifs is 1. The van der Waals surface area contributed by atoms with Crippen LogP contribution in [-0.2, 0) is 20.8 Å². The zero-order valence-electron chi connectivity index (χ0n) is 18.1. The van der Waals surface area contributed by atoms with Crippen LogP contribution in [-0.4, -0.2) is 59.9 Å². The van der Waals surface area contributed by atoms with Crippen LogP contribution < -0.4 is 10.9 Å². The molecule has 0 aliphatic carbocycles. The van der Waals surface area contributed by atoms with Crippen molar-refractivity contribution in [1.82, 2.24) is 19.7 Å². The molecule has 9 nitrogen and oxygen atoms in total. The van der Waals surface area contributed by atoms with Gasteiger partial charge in [-0.1, -0.05) is 13.0 Å². The average molecular weight is 495 g/mol. The topological polar surface area (TPSA) is 114 Å². The van der Waals surface area contributed by atoms with Crippen molar-refractivity contribution >= 4 is 32.2 Å². The summed E-state index contributed by atoms with van der Waals surface area (Å²) in [4.78, 5) is 31.0. The lowest BCUT2D eigenvalue weighted by Gasteiger charge is -2.34. The summed E-state index contributed by atoms with van der Waals surface area (Å²) in [6.45, 7) is 2.52. The molecule has 3 heterocycles. The molecule has 0 spiro atoms. The van der Waals surface area contributed by atoms with E-state index in [1.807, 2.05) is 11.9 Å². The Bertz CT molecular complexity index is 1450. The fourth-order valence-electron chi connectivity index (χ4n) is 3.63. The quantitative estimate of drug-likeness (QED) is 0.577. The van der Waals surface area contributed by atoms with Gasteiger partial charge in [-0.25, -0.2) is 13.4 Å². The number of nitrogens with one attached hydrogen (secondary N) is 1. The highest BCUT2D eigenvalue weighted by atomic mass is 32.2. The zero-order valence-corrected chi connectivity index (χ0v) is 18.9. The molecule has 0 unspecified atom stereocenters. The van der Waals surface area contributed by atoms with Gasteiger partial charge in [0.2, 0.25) is 5.91 Å². The van der Waals surface area contributed by atoms with E-state index in [2.05, 4.69) is 15.4 Å². The third-order valence-electron chi connectivity index (χ3n) is 5.57. The van der Waals surface area contributed by atoms with Crippen LogP contribution in [0.25, 0.3) is 16.6 Å². The van der Waals surface area contributed by atoms with Crippen molar-refractivity contribution in [3.63, 3.8) is 0 Å². The second-order valence-corrected chi connectivity index (χ2v) is 10.3. The minimum absolute atomic E-state index is 0.114. The number of carbonyl (C=O) groups is 1. The number of carbonyl (C=O) groups excluding carboxylic acids is 1. The largest absolute Gasteiger partial charge is 0.416 e. The summed E-state index contributed by atoms with van der Waals surface area (Å²) in [5.41, 5.74) is -1.87. The second-order valence-electron chi connectivity index (χ2n) is 8.02. The molecule has 3 aromatic rings. The highest BCUT2D eigenvalue weighted by Gasteiger charge is 2.32. The van der Waals surface area contributed by atoms with Crippen molar-refractivity contribution in [2.75, 3.05) is 31.2 Å². The maximum Gasteiger partial charge on any atom is 0.416 e. The van der Waals surface area contributed by atoms with Crippen molar-refractivity contribution in [1.29, 1.82) is 0 Å². The Labute approximate surface area is 192 Å². The number of hydrogen-bond acceptors (Lipinski definition) is 7. The van der Waals surface area contributed by atoms with Crippen LogP contribution in [0.3, 0.4) is 0 Å². The van der Waals surface area contributed by atoms with Crippen LogP contribution in [0.2, 0.25) is 0 Å². The van der Waals surface area contributed by atoms with Gasteiger partial charge in [0.15, 0.2) is 15.7 Å². The van der Waals surface area contributed by atoms with E-state index in [1.54, 1.807) is 0 Å². The number of nitrogens with zero attached hydrogens (tertiary/aromatic N) is 4. The Hall–Kier alpha value is -3.32. The van der Waals surface area contributed by atoms with E-state index in [-0.39, 0.29) is 44.8 Å². The highest BCUT2D eigenvalue weighted by molar-refractivity contribution is 7.91. The van der Waals surface area contributed by atoms with E-state index in [0.717, 1.165) is 18.3 Å². The lowest BCUT2D eigenvalue weighted by molar-refractivity contribution is -0.137. The van der Waals surface area contributed by atoms with Crippen molar-refractivity contribution in [3.05, 3.63) is 52.6 Å². The van der Waals surface area contributed by atoms with Crippen LogP contribution >= 0.6 is 0 Å². The number of anilines is 1. The van der Waals surface area contributed by atoms with Gasteiger partial charge in [-0.2, -0.15) is 23.0 Å². The van der Waals surface area contributed by atoms with Crippen LogP contribution in [0.4, 0.5) is 18.9 Å². The van der Waals surface area contributed by atoms with E-state index in [4.69, 9.17) is 0 Å². The number of amides is 1. The number of halogens is 3. The third-order valence-corrected chi connectivity index (χ3v) is 7.30. The highest BCUT2D eigenvalue weighted by Crippen LogP contribution is 2.31. The molecule has 0 bridgehead atoms. The molecule has 13 heteroatoms. The summed E-state index contributed by atoms with van der Waals surface area (Å²) in [6, 6.07) is 3.81. The molecule has 34 heavy (non-hydrogen) atoms. The summed E-state index contributed by atoms with van der Waals surface area (Å²) in [7, 11) is -2.10. The molecule has 0 saturated carbocycles. The monoisotopic (exact) mass is 495 g/mol. The number of likely N-dealkylation sites (tertiary alicyclic amines) is 1. The Balaban J connectivity index is 1.82. The van der Waals surface area contributed by atoms with E-state index in [1.165, 1.54) is 19.2 Å². The number of pyridine rings is 1. The molecule has 180 valence electrons. The molecule has 2 aromatic heterocycles. The number of alkyl halides is 3. The number of sulfone groups is 1. The van der Waals surface area contributed by atoms with E-state index in [9.17, 15) is 31.2 Å². The molecule has 1 aliphatic heterocycles. The molecule has 4 rings (SSSR count). The Morgan fingerprint density at radius 2 is 1.91 bits per heavy atom. The van der Waals surface area contributed by atoms with Crippen LogP contribution in [0, 0.1) is 5.92 Å². The summed E-state index contributed by atoms with van der Waals surface area (Å²) in [5.74, 6) is -1.25. The lowest BCUT2D eigenvalue weighted by atomic mass is 10.0. The van der Waals surface area contributed by atoms with Gasteiger partial charge in [0.25, 0.3) is 5.56 Å². The zero-order chi connectivity index (χ0) is 24.8. The Morgan fingerprint density at radius 1 is 1.21 bits per heavy atom. The number of rotatable bonds is 5. The number of aromatic nitrogens is 3. The maximum atomic E-state index is 13.1. The molecule has 1 aromatic carbocycles. The lowest BCUT2D eigenvalue weighted by Crippen LogP contribution is -2.49. The van der Waals surface area contributed by atoms with Gasteiger partial charge in [0.05, 0.1) is 40.7 Å². The predicted octanol–water partition coefficient (Wildman–Crippen LogP) is 2.09. The smallest absolute Gasteiger partial charge is 0.324 e. The molecule has 1 saturated heterocycles. The van der Waals surface area contributed by atoms with Crippen molar-refractivity contribution in [2.45, 2.75) is 18.0 Å². The molecule has 0 atom stereocenters. The van der Waals surface area contributed by atoms with Gasteiger partial charge in [-0.15, -0.1) is 0 Å². The van der Waals surface area contributed by atoms with Gasteiger partial charge in [-0.05, 0) is 25.2 Å². The van der Waals surface area contributed by atoms with Gasteiger partial charge in [-0.3, -0.25) is 9.59 Å². The number of benzene rings is 1. The van der Waals surface area contributed by atoms with Gasteiger partial charge >= 0.3 is 6.18 Å². The molecule has 1 aliphatic rings. The van der Waals surface area contributed by atoms with E-state index < -0.39 is 27.1 Å². The average Bonchev–Trinajstić information content (AvgIpc) is 2.76. The molecule has 1 N–H and O–H groups in total. The first kappa shape index (κ1) is 23.8. The van der Waals surface area contributed by atoms with Gasteiger partial charge in [0, 0.05) is 18.5 Å². The van der Waals surface area contributed by atoms with Crippen LogP contribution in [0.5, 0.6) is 0 Å². The van der Waals surface area contributed by atoms with Gasteiger partial charge < -0.3 is 10.2 Å². The summed E-state index contributed by atoms with van der Waals surface area (Å²) in [5, 5.41) is 6.41. The van der Waals surface area contributed by atoms with Crippen molar-refractivity contribution in [3.8, 4) is 5.82 Å². The minimum Gasteiger partial charge on any atom is -0.324 e. The fraction of sp³-hybridized carbons (Fsp3) is 0.333. The first-order chi connectivity index (χ1) is 15.9. The second kappa shape index (κ2) is 8.47. The van der Waals surface area contributed by atoms with Crippen LogP contribution in [0.1, 0.15) is 12.5 Å².